The molecule has 0 amide bonds. The van der Waals surface area contributed by atoms with Crippen LogP contribution in [-0.2, 0) is 0 Å². The van der Waals surface area contributed by atoms with Gasteiger partial charge in [0.05, 0.1) is 0 Å². The van der Waals surface area contributed by atoms with Crippen molar-refractivity contribution >= 4 is 5.57 Å². The average Bonchev–Trinajstić information content (AvgIpc) is 2.18. The van der Waals surface area contributed by atoms with E-state index in [4.69, 9.17) is 0 Å². The van der Waals surface area contributed by atoms with Crippen molar-refractivity contribution in [3.8, 4) is 0 Å². The van der Waals surface area contributed by atoms with Gasteiger partial charge in [-0.1, -0.05) is 60.7 Å². The maximum Gasteiger partial charge on any atom is -0.0225 e. The van der Waals surface area contributed by atoms with Crippen LogP contribution < -0.4 is 0 Å². The molecule has 0 radical (unpaired) electrons. The highest BCUT2D eigenvalue weighted by atomic mass is 14.0. The monoisotopic (exact) mass is 184 g/mol. The summed E-state index contributed by atoms with van der Waals surface area (Å²) < 4.78 is 0. The first-order chi connectivity index (χ1) is 6.74. The molecule has 0 nitrogen and oxygen atoms in total. The van der Waals surface area contributed by atoms with E-state index >= 15 is 0 Å². The number of benzene rings is 1. The summed E-state index contributed by atoms with van der Waals surface area (Å²) in [5, 5.41) is 0. The Bertz CT molecular complexity index is 367. The lowest BCUT2D eigenvalue weighted by atomic mass is 10.0. The van der Waals surface area contributed by atoms with Crippen LogP contribution in [-0.4, -0.2) is 0 Å². The summed E-state index contributed by atoms with van der Waals surface area (Å²) in [4.78, 5) is 0. The molecule has 0 aliphatic rings. The SMILES string of the molecule is C=C/C=C\C=C(/C)c1cccc(C)c1. The molecule has 0 atom stereocenters. The fraction of sp³-hybridized carbons (Fsp3) is 0.143. The fourth-order valence-corrected chi connectivity index (χ4v) is 1.27. The van der Waals surface area contributed by atoms with Crippen molar-refractivity contribution in [2.75, 3.05) is 0 Å². The van der Waals surface area contributed by atoms with Gasteiger partial charge in [-0.15, -0.1) is 0 Å². The molecule has 0 fully saturated rings. The predicted octanol–water partition coefficient (Wildman–Crippen LogP) is 4.14. The van der Waals surface area contributed by atoms with Crippen molar-refractivity contribution in [2.45, 2.75) is 13.8 Å². The quantitative estimate of drug-likeness (QED) is 0.619. The van der Waals surface area contributed by atoms with Gasteiger partial charge in [0.2, 0.25) is 0 Å². The van der Waals surface area contributed by atoms with Crippen molar-refractivity contribution < 1.29 is 0 Å². The third-order valence-corrected chi connectivity index (χ3v) is 2.07. The minimum Gasteiger partial charge on any atom is -0.0991 e. The zero-order chi connectivity index (χ0) is 10.4. The van der Waals surface area contributed by atoms with Crippen LogP contribution in [0.25, 0.3) is 5.57 Å². The predicted molar refractivity (Wildman–Crippen MR) is 64.2 cm³/mol. The Balaban J connectivity index is 2.88. The molecule has 0 aliphatic carbocycles. The zero-order valence-electron chi connectivity index (χ0n) is 8.83. The van der Waals surface area contributed by atoms with Gasteiger partial charge in [-0.2, -0.15) is 0 Å². The maximum atomic E-state index is 3.63. The number of aryl methyl sites for hydroxylation is 1. The van der Waals surface area contributed by atoms with Crippen LogP contribution in [0.1, 0.15) is 18.1 Å². The molecule has 0 aliphatic heterocycles. The molecule has 0 N–H and O–H groups in total. The highest BCUT2D eigenvalue weighted by Crippen LogP contribution is 2.14. The first-order valence-corrected chi connectivity index (χ1v) is 4.77. The number of rotatable bonds is 3. The molecule has 1 aromatic carbocycles. The lowest BCUT2D eigenvalue weighted by molar-refractivity contribution is 1.44. The summed E-state index contributed by atoms with van der Waals surface area (Å²) in [5.74, 6) is 0. The molecule has 0 aromatic heterocycles. The van der Waals surface area contributed by atoms with Crippen molar-refractivity contribution in [1.29, 1.82) is 0 Å². The summed E-state index contributed by atoms with van der Waals surface area (Å²) in [6.07, 6.45) is 7.81. The Labute approximate surface area is 86.3 Å². The van der Waals surface area contributed by atoms with Crippen LogP contribution in [0, 0.1) is 6.92 Å². The Morgan fingerprint density at radius 1 is 1.29 bits per heavy atom. The molecule has 0 unspecified atom stereocenters. The van der Waals surface area contributed by atoms with E-state index in [0.717, 1.165) is 0 Å². The van der Waals surface area contributed by atoms with Crippen LogP contribution >= 0.6 is 0 Å². The summed E-state index contributed by atoms with van der Waals surface area (Å²) in [6.45, 7) is 7.85. The van der Waals surface area contributed by atoms with Gasteiger partial charge < -0.3 is 0 Å². The van der Waals surface area contributed by atoms with Crippen LogP contribution in [0.2, 0.25) is 0 Å². The smallest absolute Gasteiger partial charge is 0.0225 e. The fourth-order valence-electron chi connectivity index (χ4n) is 1.27. The first-order valence-electron chi connectivity index (χ1n) is 4.77. The molecule has 72 valence electrons. The standard InChI is InChI=1S/C14H16/c1-4-5-6-9-13(3)14-10-7-8-12(2)11-14/h4-11H,1H2,2-3H3/b6-5-,13-9+. The molecule has 0 saturated carbocycles. The summed E-state index contributed by atoms with van der Waals surface area (Å²) in [5.41, 5.74) is 3.84. The van der Waals surface area contributed by atoms with Crippen LogP contribution in [0.4, 0.5) is 0 Å². The van der Waals surface area contributed by atoms with Crippen molar-refractivity contribution in [2.24, 2.45) is 0 Å². The van der Waals surface area contributed by atoms with E-state index < -0.39 is 0 Å². The second kappa shape index (κ2) is 5.23. The second-order valence-electron chi connectivity index (χ2n) is 3.34. The third-order valence-electron chi connectivity index (χ3n) is 2.07. The van der Waals surface area contributed by atoms with E-state index in [-0.39, 0.29) is 0 Å². The van der Waals surface area contributed by atoms with Gasteiger partial charge in [-0.25, -0.2) is 0 Å². The average molecular weight is 184 g/mol. The Kier molecular flexibility index (Phi) is 3.93. The van der Waals surface area contributed by atoms with Gasteiger partial charge >= 0.3 is 0 Å². The Morgan fingerprint density at radius 2 is 2.07 bits per heavy atom. The van der Waals surface area contributed by atoms with Crippen LogP contribution in [0.5, 0.6) is 0 Å². The minimum absolute atomic E-state index is 1.27. The molecular formula is C14H16. The maximum absolute atomic E-state index is 3.63. The third kappa shape index (κ3) is 3.06. The molecule has 14 heavy (non-hydrogen) atoms. The molecule has 0 bridgehead atoms. The topological polar surface area (TPSA) is 0 Å². The normalized spacial score (nSPS) is 12.0. The molecular weight excluding hydrogens is 168 g/mol. The molecule has 0 saturated heterocycles. The van der Waals surface area contributed by atoms with Gasteiger partial charge in [0.25, 0.3) is 0 Å². The van der Waals surface area contributed by atoms with Crippen molar-refractivity contribution in [1.82, 2.24) is 0 Å². The largest absolute Gasteiger partial charge is 0.0991 e. The molecule has 1 rings (SSSR count). The van der Waals surface area contributed by atoms with Crippen molar-refractivity contribution in [3.63, 3.8) is 0 Å². The van der Waals surface area contributed by atoms with Crippen LogP contribution in [0.15, 0.2) is 55.1 Å². The lowest BCUT2D eigenvalue weighted by Crippen LogP contribution is -1.79. The number of allylic oxidation sites excluding steroid dienone is 5. The second-order valence-corrected chi connectivity index (χ2v) is 3.34. The highest BCUT2D eigenvalue weighted by Gasteiger charge is 1.93. The van der Waals surface area contributed by atoms with E-state index in [1.807, 2.05) is 12.2 Å². The minimum atomic E-state index is 1.27. The summed E-state index contributed by atoms with van der Waals surface area (Å²) in [7, 11) is 0. The first kappa shape index (κ1) is 10.5. The van der Waals surface area contributed by atoms with Gasteiger partial charge in [-0.3, -0.25) is 0 Å². The molecule has 0 heteroatoms. The van der Waals surface area contributed by atoms with Gasteiger partial charge in [0.15, 0.2) is 0 Å². The number of hydrogen-bond acceptors (Lipinski definition) is 0. The lowest BCUT2D eigenvalue weighted by Gasteiger charge is -2.01. The molecule has 0 heterocycles. The zero-order valence-corrected chi connectivity index (χ0v) is 8.83. The van der Waals surface area contributed by atoms with E-state index in [1.54, 1.807) is 6.08 Å². The van der Waals surface area contributed by atoms with Gasteiger partial charge in [0, 0.05) is 0 Å². The van der Waals surface area contributed by atoms with E-state index in [1.165, 1.54) is 16.7 Å². The Hall–Kier alpha value is -1.56. The molecule has 0 spiro atoms. The van der Waals surface area contributed by atoms with Gasteiger partial charge in [-0.05, 0) is 25.0 Å². The summed E-state index contributed by atoms with van der Waals surface area (Å²) >= 11 is 0. The van der Waals surface area contributed by atoms with Crippen molar-refractivity contribution in [3.05, 3.63) is 66.3 Å². The van der Waals surface area contributed by atoms with E-state index in [9.17, 15) is 0 Å². The van der Waals surface area contributed by atoms with Crippen LogP contribution in [0.3, 0.4) is 0 Å². The Morgan fingerprint density at radius 3 is 2.71 bits per heavy atom. The van der Waals surface area contributed by atoms with Gasteiger partial charge in [0.1, 0.15) is 0 Å². The van der Waals surface area contributed by atoms with E-state index in [0.29, 0.717) is 0 Å². The number of hydrogen-bond donors (Lipinski definition) is 0. The highest BCUT2D eigenvalue weighted by molar-refractivity contribution is 5.65. The summed E-state index contributed by atoms with van der Waals surface area (Å²) in [6, 6.07) is 8.50. The van der Waals surface area contributed by atoms with E-state index in [2.05, 4.69) is 50.8 Å². The molecule has 1 aromatic rings.